The Balaban J connectivity index is 0.000000132. The van der Waals surface area contributed by atoms with Gasteiger partial charge in [0.1, 0.15) is 76.1 Å². The average molecular weight is 2040 g/mol. The van der Waals surface area contributed by atoms with Gasteiger partial charge >= 0.3 is 30.1 Å². The van der Waals surface area contributed by atoms with Crippen LogP contribution in [0.5, 0.6) is 0 Å². The van der Waals surface area contributed by atoms with E-state index >= 15 is 0 Å². The molecule has 4 atom stereocenters. The summed E-state index contributed by atoms with van der Waals surface area (Å²) in [5.74, 6) is -10.1. The molecule has 0 aliphatic heterocycles. The Bertz CT molecular complexity index is 6830. The number of hydrogen-bond acceptors (Lipinski definition) is 28. The summed E-state index contributed by atoms with van der Waals surface area (Å²) >= 11 is 6.30. The molecule has 0 saturated heterocycles. The first kappa shape index (κ1) is 102. The highest BCUT2D eigenvalue weighted by atomic mass is 35.5. The quantitative estimate of drug-likeness (QED) is 0.00920. The molecule has 12 aliphatic carbocycles. The predicted molar refractivity (Wildman–Crippen MR) is 477 cm³/mol. The van der Waals surface area contributed by atoms with Crippen LogP contribution in [0.25, 0.3) is 45.6 Å². The number of esters is 4. The summed E-state index contributed by atoms with van der Waals surface area (Å²) < 4.78 is 215. The smallest absolute Gasteiger partial charge is 0.394 e. The molecule has 12 fully saturated rings. The maximum atomic E-state index is 13.9. The third-order valence-corrected chi connectivity index (χ3v) is 28.7. The van der Waals surface area contributed by atoms with Gasteiger partial charge in [0.2, 0.25) is 30.2 Å². The normalized spacial score (nSPS) is 23.0. The number of ether oxygens (including phenoxy) is 4. The summed E-state index contributed by atoms with van der Waals surface area (Å²) in [7, 11) is 6.34. The SMILES string of the molecule is C[C@@H](OC(=O)Cc1c(-c2ccc(C(=O)CC34CC(C(F)(F)F)(C3)C4)cn2)nnn1C)c1cc(F)cnc1F.C[C@@H](OC(=O)Cc1c(-c2ccc(C(=O)CC34CC(C(F)F)(C3)C4)cn2)nnn1C)c1cc(F)cnc1F.C[C@@H](OC(=O)Cc1c(-c2ccc(C(=O)CC34CC(Cl)(C3)C4)cn2)nnn1C)c1cc(F)cnc1F.C[C@@H](OC(=O)Cc1c(-c2ccc(C(=O)CC34CC(F)(C3)C4)cn2)nnn1C)c1cc(F)cnc1F. The third-order valence-electron chi connectivity index (χ3n) is 28.3. The van der Waals surface area contributed by atoms with Crippen LogP contribution >= 0.6 is 11.6 Å². The van der Waals surface area contributed by atoms with Gasteiger partial charge in [-0.15, -0.1) is 32.0 Å². The van der Waals surface area contributed by atoms with E-state index in [1.165, 1.54) is 83.3 Å². The molecule has 12 heterocycles. The topological polar surface area (TPSA) is 399 Å². The third kappa shape index (κ3) is 21.1. The number of hydrogen-bond donors (Lipinski definition) is 0. The first-order chi connectivity index (χ1) is 68.4. The van der Waals surface area contributed by atoms with E-state index in [1.807, 2.05) is 0 Å². The zero-order valence-corrected chi connectivity index (χ0v) is 79.3. The molecule has 0 unspecified atom stereocenters. The minimum Gasteiger partial charge on any atom is -0.457 e. The zero-order valence-electron chi connectivity index (χ0n) is 78.6. The molecule has 24 rings (SSSR count). The van der Waals surface area contributed by atoms with Crippen LogP contribution in [0.2, 0.25) is 0 Å². The van der Waals surface area contributed by atoms with Crippen molar-refractivity contribution < 1.29 is 119 Å². The monoisotopic (exact) mass is 2040 g/mol. The van der Waals surface area contributed by atoms with Crippen molar-refractivity contribution in [3.63, 3.8) is 0 Å². The van der Waals surface area contributed by atoms with Gasteiger partial charge in [-0.1, -0.05) is 20.9 Å². The van der Waals surface area contributed by atoms with Crippen molar-refractivity contribution in [3.8, 4) is 45.6 Å². The fourth-order valence-corrected chi connectivity index (χ4v) is 22.2. The summed E-state index contributed by atoms with van der Waals surface area (Å²) in [6, 6.07) is 16.4. The molecule has 12 aromatic heterocycles. The van der Waals surface area contributed by atoms with Crippen LogP contribution in [0, 0.1) is 79.5 Å². The second-order valence-electron chi connectivity index (χ2n) is 39.4. The Morgan fingerprint density at radius 3 is 0.800 bits per heavy atom. The lowest BCUT2D eigenvalue weighted by Crippen LogP contribution is -2.68. The van der Waals surface area contributed by atoms with Crippen molar-refractivity contribution in [2.24, 2.45) is 60.7 Å². The van der Waals surface area contributed by atoms with Crippen molar-refractivity contribution in [2.75, 3.05) is 0 Å². The van der Waals surface area contributed by atoms with Gasteiger partial charge in [0.25, 0.3) is 0 Å². The molecule has 145 heavy (non-hydrogen) atoms. The van der Waals surface area contributed by atoms with Gasteiger partial charge in [-0.25, -0.2) is 50.7 Å². The lowest BCUT2D eigenvalue weighted by Gasteiger charge is -2.70. The molecule has 0 amide bonds. The summed E-state index contributed by atoms with van der Waals surface area (Å²) in [5.41, 5.74) is 0.520. The van der Waals surface area contributed by atoms with Gasteiger partial charge in [-0.3, -0.25) is 77.0 Å². The Morgan fingerprint density at radius 2 is 0.586 bits per heavy atom. The molecule has 0 N–H and O–H groups in total. The van der Waals surface area contributed by atoms with Crippen LogP contribution in [0.4, 0.5) is 61.5 Å². The van der Waals surface area contributed by atoms with Crippen LogP contribution in [0.15, 0.2) is 122 Å². The average Bonchev–Trinajstić information content (AvgIpc) is 1.70. The number of alkyl halides is 7. The fourth-order valence-electron chi connectivity index (χ4n) is 21.4. The number of aryl methyl sites for hydroxylation is 4. The van der Waals surface area contributed by atoms with Crippen LogP contribution in [0.1, 0.15) is 241 Å². The molecule has 12 saturated carbocycles. The van der Waals surface area contributed by atoms with E-state index in [0.717, 1.165) is 62.1 Å². The van der Waals surface area contributed by atoms with Gasteiger partial charge < -0.3 is 18.9 Å². The van der Waals surface area contributed by atoms with E-state index in [0.29, 0.717) is 137 Å². The Kier molecular flexibility index (Phi) is 27.4. The van der Waals surface area contributed by atoms with E-state index in [4.69, 9.17) is 30.5 Å². The molecule has 0 radical (unpaired) electrons. The Morgan fingerprint density at radius 1 is 0.352 bits per heavy atom. The molecule has 0 spiro atoms. The van der Waals surface area contributed by atoms with Gasteiger partial charge in [0.05, 0.1) is 124 Å². The minimum absolute atomic E-state index is 0.0131. The van der Waals surface area contributed by atoms with Crippen molar-refractivity contribution in [2.45, 2.75) is 204 Å². The lowest BCUT2D eigenvalue weighted by molar-refractivity contribution is -0.361. The first-order valence-corrected chi connectivity index (χ1v) is 46.1. The standard InChI is InChI=1S/C25H22F5N5O3.C25H23F4N5O3.C24H22ClF2N5O3.C24H22F3N5O3/c1-13(16-5-15(26)9-32-22(16)27)38-20(37)6-18-21(33-34-35(18)2)17-4-3-14(8-31-17)19(36)7-23-10-24(11-23,12-23)25(28,29)30;1-13(16-5-15(26)9-31-22(16)27)37-20(36)6-18-21(32-33-34(18)2)17-4-3-14(8-30-17)19(35)7-24-10-25(11-24,12-24)23(28)29;1-13(16-5-15(26)9-29-22(16)27)35-20(34)6-18-21(30-31-32(18)2)17-4-3-14(8-28-17)19(33)7-23-10-24(25,11-23)12-23;1-13(16-5-15(25)9-29-22(16)26)35-20(34)6-18-21(30-31-32(18)2)17-4-3-14(8-28-17)19(33)7-23-10-24(27,11-23)12-23/h3-5,8-9,13H,6-7,10-12H2,1-2H3;3-5,8-9,13,23H,6-7,10-12H2,1-2H3;2*3-5,8-9,13H,6-7,10-12H2,1-2H3/t13-,23?,24?;13-,24?,25?;2*13-,23?,24?/m1111/s1. The number of carbonyl (C=O) groups is 8. The highest BCUT2D eigenvalue weighted by Gasteiger charge is 2.78. The first-order valence-electron chi connectivity index (χ1n) is 45.7. The van der Waals surface area contributed by atoms with Crippen LogP contribution in [-0.2, 0) is 92.0 Å². The lowest BCUT2D eigenvalue weighted by atomic mass is 9.33. The van der Waals surface area contributed by atoms with E-state index in [1.54, 1.807) is 64.6 Å². The zero-order chi connectivity index (χ0) is 104. The summed E-state index contributed by atoms with van der Waals surface area (Å²) in [6.07, 6.45) is 2.82. The van der Waals surface area contributed by atoms with Crippen molar-refractivity contribution in [3.05, 3.63) is 237 Å². The molecule has 12 aromatic rings. The molecule has 758 valence electrons. The highest BCUT2D eigenvalue weighted by molar-refractivity contribution is 6.26. The minimum atomic E-state index is -4.23. The predicted octanol–water partition coefficient (Wildman–Crippen LogP) is 17.1. The number of aromatic nitrogens is 20. The Hall–Kier alpha value is -14.4. The molecule has 32 nitrogen and oxygen atoms in total. The molecular formula is C98H89ClF14N20O12. The number of rotatable bonds is 33. The van der Waals surface area contributed by atoms with E-state index in [9.17, 15) is 99.8 Å². The van der Waals surface area contributed by atoms with Gasteiger partial charge in [0, 0.05) is 111 Å². The van der Waals surface area contributed by atoms with E-state index in [-0.39, 0.29) is 136 Å². The summed E-state index contributed by atoms with van der Waals surface area (Å²) in [6.45, 7) is 5.62. The van der Waals surface area contributed by atoms with Gasteiger partial charge in [0.15, 0.2) is 23.1 Å². The van der Waals surface area contributed by atoms with Gasteiger partial charge in [-0.2, -0.15) is 30.7 Å². The molecular weight excluding hydrogens is 1950 g/mol. The van der Waals surface area contributed by atoms with Crippen molar-refractivity contribution in [1.82, 2.24) is 99.8 Å². The molecule has 0 aromatic carbocycles. The van der Waals surface area contributed by atoms with Gasteiger partial charge in [-0.05, 0) is 199 Å². The number of pyridine rings is 8. The maximum Gasteiger partial charge on any atom is 0.394 e. The second kappa shape index (κ2) is 39.0. The second-order valence-corrected chi connectivity index (χ2v) is 40.2. The fraction of sp³-hybridized carbons (Fsp3) is 0.429. The van der Waals surface area contributed by atoms with Crippen molar-refractivity contribution >= 4 is 58.6 Å². The number of Topliss-reactive ketones (excluding diaryl/α,β-unsaturated/α-hetero) is 4. The number of halogens is 15. The Labute approximate surface area is 820 Å². The van der Waals surface area contributed by atoms with Crippen molar-refractivity contribution in [1.29, 1.82) is 0 Å². The highest BCUT2D eigenvalue weighted by Crippen LogP contribution is 2.80. The van der Waals surface area contributed by atoms with E-state index in [2.05, 4.69) is 81.1 Å². The summed E-state index contributed by atoms with van der Waals surface area (Å²) in [5, 5.41) is 32.0. The van der Waals surface area contributed by atoms with E-state index < -0.39 is 130 Å². The maximum absolute atomic E-state index is 13.9. The molecule has 12 aliphatic rings. The summed E-state index contributed by atoms with van der Waals surface area (Å²) in [4.78, 5) is 131. The molecule has 47 heteroatoms. The number of ketones is 4. The van der Waals surface area contributed by atoms with Crippen LogP contribution in [0.3, 0.4) is 0 Å². The largest absolute Gasteiger partial charge is 0.457 e. The van der Waals surface area contributed by atoms with Crippen LogP contribution in [-0.4, -0.2) is 170 Å². The number of nitrogens with zero attached hydrogens (tertiary/aromatic N) is 20. The molecule has 8 bridgehead atoms. The van der Waals surface area contributed by atoms with Crippen LogP contribution < -0.4 is 0 Å². The number of carbonyl (C=O) groups excluding carboxylic acids is 8.